The largest absolute Gasteiger partial charge is 0.197 e. The van der Waals surface area contributed by atoms with E-state index in [1.165, 1.54) is 0 Å². The number of rotatable bonds is 2. The van der Waals surface area contributed by atoms with Gasteiger partial charge < -0.3 is 0 Å². The summed E-state index contributed by atoms with van der Waals surface area (Å²) in [5.41, 5.74) is 2.01. The molecule has 0 aliphatic heterocycles. The number of hydrogen-bond donors (Lipinski definition) is 0. The molecule has 0 aliphatic rings. The molecule has 2 aromatic rings. The molecule has 0 N–H and O–H groups in total. The molecule has 20 heavy (non-hydrogen) atoms. The van der Waals surface area contributed by atoms with Crippen molar-refractivity contribution in [2.75, 3.05) is 0 Å². The lowest BCUT2D eigenvalue weighted by atomic mass is 10.2. The van der Waals surface area contributed by atoms with Gasteiger partial charge in [0.15, 0.2) is 0 Å². The van der Waals surface area contributed by atoms with Gasteiger partial charge in [-0.25, -0.2) is 0 Å². The molecule has 2 nitrogen and oxygen atoms in total. The van der Waals surface area contributed by atoms with Gasteiger partial charge in [-0.05, 0) is 11.1 Å². The SMILES string of the molecule is N#CC(Br)c1ccccc1.N#CC(Br)c1ccccc1. The van der Waals surface area contributed by atoms with Crippen LogP contribution < -0.4 is 0 Å². The summed E-state index contributed by atoms with van der Waals surface area (Å²) in [6, 6.07) is 23.4. The molecule has 100 valence electrons. The van der Waals surface area contributed by atoms with E-state index >= 15 is 0 Å². The Kier molecular flexibility index (Phi) is 7.65. The summed E-state index contributed by atoms with van der Waals surface area (Å²) in [4.78, 5) is -0.345. The van der Waals surface area contributed by atoms with Crippen LogP contribution in [0.1, 0.15) is 20.8 Å². The minimum Gasteiger partial charge on any atom is -0.197 e. The first-order valence-electron chi connectivity index (χ1n) is 5.86. The summed E-state index contributed by atoms with van der Waals surface area (Å²) in [6.07, 6.45) is 0. The smallest absolute Gasteiger partial charge is 0.126 e. The fourth-order valence-electron chi connectivity index (χ4n) is 1.39. The second kappa shape index (κ2) is 9.31. The number of halogens is 2. The van der Waals surface area contributed by atoms with Crippen molar-refractivity contribution in [3.8, 4) is 12.1 Å². The third-order valence-electron chi connectivity index (χ3n) is 2.41. The summed E-state index contributed by atoms with van der Waals surface area (Å²) >= 11 is 6.45. The van der Waals surface area contributed by atoms with Crippen LogP contribution in [0.5, 0.6) is 0 Å². The van der Waals surface area contributed by atoms with Crippen LogP contribution >= 0.6 is 31.9 Å². The van der Waals surface area contributed by atoms with Gasteiger partial charge in [-0.3, -0.25) is 0 Å². The first-order chi connectivity index (χ1) is 9.69. The molecule has 0 amide bonds. The molecule has 0 radical (unpaired) electrons. The van der Waals surface area contributed by atoms with Gasteiger partial charge in [0.1, 0.15) is 9.65 Å². The molecule has 2 atom stereocenters. The molecule has 2 unspecified atom stereocenters. The molecule has 0 fully saturated rings. The van der Waals surface area contributed by atoms with Crippen molar-refractivity contribution in [2.24, 2.45) is 0 Å². The molecule has 0 heterocycles. The second-order valence-corrected chi connectivity index (χ2v) is 5.64. The Morgan fingerprint density at radius 1 is 0.650 bits per heavy atom. The van der Waals surface area contributed by atoms with E-state index in [0.717, 1.165) is 11.1 Å². The normalized spacial score (nSPS) is 12.0. The van der Waals surface area contributed by atoms with Crippen molar-refractivity contribution in [1.82, 2.24) is 0 Å². The fourth-order valence-corrected chi connectivity index (χ4v) is 2.00. The first kappa shape index (κ1) is 16.4. The fraction of sp³-hybridized carbons (Fsp3) is 0.125. The van der Waals surface area contributed by atoms with E-state index in [4.69, 9.17) is 10.5 Å². The van der Waals surface area contributed by atoms with Gasteiger partial charge in [-0.2, -0.15) is 10.5 Å². The van der Waals surface area contributed by atoms with E-state index in [9.17, 15) is 0 Å². The van der Waals surface area contributed by atoms with E-state index in [1.807, 2.05) is 60.7 Å². The van der Waals surface area contributed by atoms with Crippen LogP contribution in [0.3, 0.4) is 0 Å². The summed E-state index contributed by atoms with van der Waals surface area (Å²) in [7, 11) is 0. The molecule has 2 aromatic carbocycles. The van der Waals surface area contributed by atoms with Gasteiger partial charge in [0.25, 0.3) is 0 Å². The lowest BCUT2D eigenvalue weighted by Gasteiger charge is -1.97. The number of hydrogen-bond acceptors (Lipinski definition) is 2. The van der Waals surface area contributed by atoms with Gasteiger partial charge in [0.2, 0.25) is 0 Å². The van der Waals surface area contributed by atoms with Crippen molar-refractivity contribution < 1.29 is 0 Å². The van der Waals surface area contributed by atoms with Crippen LogP contribution in [0.2, 0.25) is 0 Å². The highest BCUT2D eigenvalue weighted by Crippen LogP contribution is 2.20. The van der Waals surface area contributed by atoms with E-state index in [1.54, 1.807) is 0 Å². The van der Waals surface area contributed by atoms with E-state index < -0.39 is 0 Å². The number of nitrogens with zero attached hydrogens (tertiary/aromatic N) is 2. The maximum Gasteiger partial charge on any atom is 0.126 e. The van der Waals surface area contributed by atoms with Crippen LogP contribution in [0.15, 0.2) is 60.7 Å². The second-order valence-electron chi connectivity index (χ2n) is 3.80. The van der Waals surface area contributed by atoms with Crippen LogP contribution in [-0.2, 0) is 0 Å². The van der Waals surface area contributed by atoms with Crippen LogP contribution in [0.4, 0.5) is 0 Å². The third kappa shape index (κ3) is 5.57. The summed E-state index contributed by atoms with van der Waals surface area (Å²) in [5, 5.41) is 17.0. The van der Waals surface area contributed by atoms with Gasteiger partial charge in [0.05, 0.1) is 12.1 Å². The zero-order chi connectivity index (χ0) is 14.8. The zero-order valence-corrected chi connectivity index (χ0v) is 13.8. The minimum atomic E-state index is -0.173. The maximum atomic E-state index is 8.49. The molecule has 0 bridgehead atoms. The summed E-state index contributed by atoms with van der Waals surface area (Å²) < 4.78 is 0. The topological polar surface area (TPSA) is 47.6 Å². The monoisotopic (exact) mass is 390 g/mol. The van der Waals surface area contributed by atoms with Crippen molar-refractivity contribution in [3.05, 3.63) is 71.8 Å². The maximum absolute atomic E-state index is 8.49. The quantitative estimate of drug-likeness (QED) is 0.652. The number of benzene rings is 2. The van der Waals surface area contributed by atoms with Gasteiger partial charge >= 0.3 is 0 Å². The molecular weight excluding hydrogens is 380 g/mol. The van der Waals surface area contributed by atoms with Crippen LogP contribution in [0.25, 0.3) is 0 Å². The lowest BCUT2D eigenvalue weighted by Crippen LogP contribution is -1.82. The molecule has 0 spiro atoms. The molecule has 0 saturated heterocycles. The lowest BCUT2D eigenvalue weighted by molar-refractivity contribution is 1.25. The third-order valence-corrected chi connectivity index (χ3v) is 3.88. The zero-order valence-electron chi connectivity index (χ0n) is 10.6. The molecule has 0 saturated carbocycles. The van der Waals surface area contributed by atoms with Gasteiger partial charge in [-0.15, -0.1) is 0 Å². The number of nitriles is 2. The van der Waals surface area contributed by atoms with Crippen LogP contribution in [-0.4, -0.2) is 0 Å². The Morgan fingerprint density at radius 2 is 0.950 bits per heavy atom. The first-order valence-corrected chi connectivity index (χ1v) is 7.69. The number of alkyl halides is 2. The van der Waals surface area contributed by atoms with Crippen molar-refractivity contribution >= 4 is 31.9 Å². The van der Waals surface area contributed by atoms with E-state index in [-0.39, 0.29) is 9.65 Å². The van der Waals surface area contributed by atoms with Gasteiger partial charge in [-0.1, -0.05) is 92.5 Å². The highest BCUT2D eigenvalue weighted by molar-refractivity contribution is 9.09. The average Bonchev–Trinajstić information content (AvgIpc) is 2.55. The molecular formula is C16H12Br2N2. The molecule has 2 rings (SSSR count). The average molecular weight is 392 g/mol. The van der Waals surface area contributed by atoms with Crippen molar-refractivity contribution in [3.63, 3.8) is 0 Å². The molecule has 0 aliphatic carbocycles. The Bertz CT molecular complexity index is 530. The Morgan fingerprint density at radius 3 is 1.20 bits per heavy atom. The predicted octanol–water partition coefficient (Wildman–Crippen LogP) is 5.29. The Labute approximate surface area is 135 Å². The van der Waals surface area contributed by atoms with E-state index in [0.29, 0.717) is 0 Å². The summed E-state index contributed by atoms with van der Waals surface area (Å²) in [6.45, 7) is 0. The predicted molar refractivity (Wildman–Crippen MR) is 87.4 cm³/mol. The molecule has 4 heteroatoms. The van der Waals surface area contributed by atoms with Gasteiger partial charge in [0, 0.05) is 0 Å². The minimum absolute atomic E-state index is 0.173. The van der Waals surface area contributed by atoms with Crippen molar-refractivity contribution in [2.45, 2.75) is 9.65 Å². The highest BCUT2D eigenvalue weighted by Gasteiger charge is 2.02. The highest BCUT2D eigenvalue weighted by atomic mass is 79.9. The van der Waals surface area contributed by atoms with Crippen LogP contribution in [0, 0.1) is 22.7 Å². The standard InChI is InChI=1S/2C8H6BrN/c2*9-8(6-10)7-4-2-1-3-5-7/h2*1-5,8H. The van der Waals surface area contributed by atoms with Crippen molar-refractivity contribution in [1.29, 1.82) is 10.5 Å². The molecule has 0 aromatic heterocycles. The summed E-state index contributed by atoms with van der Waals surface area (Å²) in [5.74, 6) is 0. The Hall–Kier alpha value is -1.62. The van der Waals surface area contributed by atoms with E-state index in [2.05, 4.69) is 44.0 Å². The Balaban J connectivity index is 0.000000200.